The van der Waals surface area contributed by atoms with E-state index in [0.717, 1.165) is 0 Å². The summed E-state index contributed by atoms with van der Waals surface area (Å²) in [5.41, 5.74) is 3.07. The summed E-state index contributed by atoms with van der Waals surface area (Å²) < 4.78 is 40.3. The van der Waals surface area contributed by atoms with Gasteiger partial charge in [-0.25, -0.2) is 0 Å². The van der Waals surface area contributed by atoms with Crippen molar-refractivity contribution in [1.82, 2.24) is 0 Å². The van der Waals surface area contributed by atoms with Gasteiger partial charge < -0.3 is 33.2 Å². The lowest BCUT2D eigenvalue weighted by atomic mass is 9.80. The Labute approximate surface area is 303 Å². The highest BCUT2D eigenvalue weighted by Crippen LogP contribution is 2.61. The Kier molecular flexibility index (Phi) is 10.0. The van der Waals surface area contributed by atoms with Gasteiger partial charge in [-0.3, -0.25) is 28.8 Å². The lowest BCUT2D eigenvalue weighted by molar-refractivity contribution is -0.147. The molecule has 0 N–H and O–H groups in total. The Morgan fingerprint density at radius 3 is 1.45 bits per heavy atom. The molecule has 6 rings (SSSR count). The fourth-order valence-corrected chi connectivity index (χ4v) is 6.91. The Hall–Kier alpha value is -6.50. The summed E-state index contributed by atoms with van der Waals surface area (Å²) >= 11 is 0. The number of rotatable bonds is 8. The minimum Gasteiger partial charge on any atom is -0.484 e. The zero-order valence-corrected chi connectivity index (χ0v) is 29.5. The largest absolute Gasteiger partial charge is 0.484 e. The Bertz CT molecular complexity index is 2150. The minimum atomic E-state index is -1.15. The first-order valence-corrected chi connectivity index (χ1v) is 16.5. The molecule has 4 aromatic rings. The Morgan fingerprint density at radius 2 is 0.943 bits per heavy atom. The van der Waals surface area contributed by atoms with Crippen molar-refractivity contribution in [1.29, 1.82) is 0 Å². The molecule has 53 heavy (non-hydrogen) atoms. The quantitative estimate of drug-likeness (QED) is 0.146. The summed E-state index contributed by atoms with van der Waals surface area (Å²) in [6.07, 6.45) is -1.97. The number of hydrogen-bond donors (Lipinski definition) is 0. The number of benzene rings is 4. The van der Waals surface area contributed by atoms with Crippen LogP contribution in [0, 0.1) is 0 Å². The van der Waals surface area contributed by atoms with Gasteiger partial charge in [0.15, 0.2) is 0 Å². The van der Waals surface area contributed by atoms with Crippen LogP contribution < -0.4 is 28.4 Å². The van der Waals surface area contributed by atoms with Crippen LogP contribution in [0.3, 0.4) is 0 Å². The molecule has 0 amide bonds. The maximum Gasteiger partial charge on any atom is 0.308 e. The number of carbonyl (C=O) groups excluding carboxylic acids is 6. The van der Waals surface area contributed by atoms with E-state index in [9.17, 15) is 28.8 Å². The van der Waals surface area contributed by atoms with Gasteiger partial charge in [-0.2, -0.15) is 0 Å². The zero-order chi connectivity index (χ0) is 38.1. The third kappa shape index (κ3) is 7.74. The van der Waals surface area contributed by atoms with E-state index in [4.69, 9.17) is 33.2 Å². The van der Waals surface area contributed by atoms with Crippen LogP contribution in [0.2, 0.25) is 0 Å². The summed E-state index contributed by atoms with van der Waals surface area (Å²) in [4.78, 5) is 73.7. The molecule has 0 saturated heterocycles. The van der Waals surface area contributed by atoms with E-state index in [-0.39, 0.29) is 23.0 Å². The monoisotopic (exact) mass is 722 g/mol. The Balaban J connectivity index is 1.71. The molecule has 0 bridgehead atoms. The summed E-state index contributed by atoms with van der Waals surface area (Å²) in [5.74, 6) is -4.19. The third-order valence-corrected chi connectivity index (χ3v) is 8.46. The SMILES string of the molecule is CC(=O)Oc1ccc([C@H]2c3c(OC(C)=O)cc(OC(C)=O)cc3C3c4c(cc(OC(C)=O)cc4[C@@H]2OC(C)=O)O[C@@H]3c2ccc(OC(C)=O)cc2)cc1. The van der Waals surface area contributed by atoms with E-state index in [1.54, 1.807) is 66.7 Å². The molecular formula is C40H34O13. The van der Waals surface area contributed by atoms with E-state index in [2.05, 4.69) is 0 Å². The van der Waals surface area contributed by atoms with Crippen molar-refractivity contribution < 1.29 is 61.9 Å². The second-order valence-corrected chi connectivity index (χ2v) is 12.5. The molecule has 2 aliphatic rings. The standard InChI is InChI=1S/C40H34O13/c1-19(41)47-27-11-7-25(8-12-27)35-36-31(15-29(49-21(3)43)17-33(36)51-23(5)45)38-37-32(40(35)52-24(6)46)16-30(50-22(4)44)18-34(37)53-39(38)26-9-13-28(14-10-26)48-20(2)42/h7-18,35,38-40H,1-6H3/t35-,38?,39+,40-/m0/s1. The van der Waals surface area contributed by atoms with Crippen LogP contribution in [0.1, 0.15) is 99.0 Å². The van der Waals surface area contributed by atoms with E-state index in [1.807, 2.05) is 0 Å². The van der Waals surface area contributed by atoms with Gasteiger partial charge in [0.25, 0.3) is 0 Å². The van der Waals surface area contributed by atoms with Crippen LogP contribution in [0.5, 0.6) is 34.5 Å². The maximum absolute atomic E-state index is 13.0. The molecule has 0 fully saturated rings. The second-order valence-electron chi connectivity index (χ2n) is 12.5. The van der Waals surface area contributed by atoms with Crippen molar-refractivity contribution in [2.45, 2.75) is 65.6 Å². The molecule has 1 aliphatic heterocycles. The number of esters is 6. The van der Waals surface area contributed by atoms with Gasteiger partial charge in [-0.05, 0) is 53.1 Å². The van der Waals surface area contributed by atoms with Gasteiger partial charge in [0.05, 0.1) is 11.8 Å². The van der Waals surface area contributed by atoms with Gasteiger partial charge in [0.2, 0.25) is 0 Å². The number of ether oxygens (including phenoxy) is 7. The molecule has 1 aliphatic carbocycles. The number of hydrogen-bond acceptors (Lipinski definition) is 13. The topological polar surface area (TPSA) is 167 Å². The first kappa shape index (κ1) is 36.3. The van der Waals surface area contributed by atoms with Crippen LogP contribution in [-0.4, -0.2) is 35.8 Å². The second kappa shape index (κ2) is 14.6. The first-order chi connectivity index (χ1) is 25.2. The molecule has 0 radical (unpaired) electrons. The summed E-state index contributed by atoms with van der Waals surface area (Å²) in [6, 6.07) is 19.4. The van der Waals surface area contributed by atoms with Crippen molar-refractivity contribution in [3.05, 3.63) is 106 Å². The molecule has 13 heteroatoms. The molecular weight excluding hydrogens is 688 g/mol. The lowest BCUT2D eigenvalue weighted by Gasteiger charge is -2.30. The van der Waals surface area contributed by atoms with Crippen molar-refractivity contribution in [3.63, 3.8) is 0 Å². The predicted molar refractivity (Wildman–Crippen MR) is 184 cm³/mol. The van der Waals surface area contributed by atoms with E-state index < -0.39 is 59.9 Å². The highest BCUT2D eigenvalue weighted by Gasteiger charge is 2.49. The number of fused-ring (bicyclic) bond motifs is 2. The molecule has 0 spiro atoms. The average molecular weight is 723 g/mol. The van der Waals surface area contributed by atoms with Crippen molar-refractivity contribution in [2.75, 3.05) is 0 Å². The van der Waals surface area contributed by atoms with Crippen molar-refractivity contribution in [3.8, 4) is 34.5 Å². The van der Waals surface area contributed by atoms with Gasteiger partial charge in [-0.1, -0.05) is 24.3 Å². The third-order valence-electron chi connectivity index (χ3n) is 8.46. The molecule has 1 unspecified atom stereocenters. The van der Waals surface area contributed by atoms with Crippen molar-refractivity contribution >= 4 is 35.8 Å². The van der Waals surface area contributed by atoms with Gasteiger partial charge in [0, 0.05) is 70.4 Å². The van der Waals surface area contributed by atoms with Gasteiger partial charge in [-0.15, -0.1) is 0 Å². The summed E-state index contributed by atoms with van der Waals surface area (Å²) in [5, 5.41) is 0. The van der Waals surface area contributed by atoms with Crippen LogP contribution in [0.15, 0.2) is 72.8 Å². The van der Waals surface area contributed by atoms with Crippen LogP contribution in [0.25, 0.3) is 0 Å². The van der Waals surface area contributed by atoms with E-state index in [0.29, 0.717) is 44.9 Å². The van der Waals surface area contributed by atoms with E-state index in [1.165, 1.54) is 47.6 Å². The van der Waals surface area contributed by atoms with Crippen LogP contribution >= 0.6 is 0 Å². The van der Waals surface area contributed by atoms with Crippen molar-refractivity contribution in [2.24, 2.45) is 0 Å². The maximum atomic E-state index is 13.0. The number of carbonyl (C=O) groups is 6. The van der Waals surface area contributed by atoms with Crippen LogP contribution in [-0.2, 0) is 33.5 Å². The smallest absolute Gasteiger partial charge is 0.308 e. The minimum absolute atomic E-state index is 0.0166. The van der Waals surface area contributed by atoms with Gasteiger partial charge in [0.1, 0.15) is 46.7 Å². The van der Waals surface area contributed by atoms with Crippen LogP contribution in [0.4, 0.5) is 0 Å². The lowest BCUT2D eigenvalue weighted by Crippen LogP contribution is -2.21. The zero-order valence-electron chi connectivity index (χ0n) is 29.5. The molecule has 4 aromatic carbocycles. The molecule has 13 nitrogen and oxygen atoms in total. The average Bonchev–Trinajstić information content (AvgIpc) is 3.38. The predicted octanol–water partition coefficient (Wildman–Crippen LogP) is 6.33. The summed E-state index contributed by atoms with van der Waals surface area (Å²) in [7, 11) is 0. The molecule has 0 saturated carbocycles. The highest BCUT2D eigenvalue weighted by atomic mass is 16.6. The normalized spacial score (nSPS) is 17.8. The summed E-state index contributed by atoms with van der Waals surface area (Å²) in [6.45, 7) is 7.51. The molecule has 272 valence electrons. The fraction of sp³-hybridized carbons (Fsp3) is 0.250. The highest BCUT2D eigenvalue weighted by molar-refractivity contribution is 5.76. The van der Waals surface area contributed by atoms with Gasteiger partial charge >= 0.3 is 35.8 Å². The molecule has 0 aromatic heterocycles. The molecule has 4 atom stereocenters. The first-order valence-electron chi connectivity index (χ1n) is 16.5. The fourth-order valence-electron chi connectivity index (χ4n) is 6.91. The van der Waals surface area contributed by atoms with E-state index >= 15 is 0 Å². The Morgan fingerprint density at radius 1 is 0.472 bits per heavy atom. The molecule has 1 heterocycles.